The largest absolute Gasteiger partial charge is 0.366 e. The summed E-state index contributed by atoms with van der Waals surface area (Å²) in [6.07, 6.45) is 0. The van der Waals surface area contributed by atoms with Gasteiger partial charge in [0, 0.05) is 31.7 Å². The number of rotatable bonds is 5. The molecule has 1 aliphatic heterocycles. The van der Waals surface area contributed by atoms with Crippen molar-refractivity contribution >= 4 is 23.3 Å². The topological polar surface area (TPSA) is 69.7 Å². The third kappa shape index (κ3) is 4.49. The third-order valence-corrected chi connectivity index (χ3v) is 4.47. The number of Topliss-reactive ketones (excluding diaryl/α,β-unsaturated/α-hetero) is 1. The Morgan fingerprint density at radius 3 is 2.19 bits per heavy atom. The van der Waals surface area contributed by atoms with Gasteiger partial charge in [0.2, 0.25) is 11.7 Å². The molecule has 1 heterocycles. The summed E-state index contributed by atoms with van der Waals surface area (Å²) in [6.45, 7) is 1.62. The number of carbonyl (C=O) groups excluding carboxylic acids is 3. The summed E-state index contributed by atoms with van der Waals surface area (Å²) < 4.78 is 13.9. The van der Waals surface area contributed by atoms with Crippen molar-refractivity contribution in [2.45, 2.75) is 0 Å². The summed E-state index contributed by atoms with van der Waals surface area (Å²) in [6, 6.07) is 14.7. The van der Waals surface area contributed by atoms with Crippen molar-refractivity contribution in [2.24, 2.45) is 0 Å². The Bertz CT molecular complexity index is 833. The van der Waals surface area contributed by atoms with Crippen LogP contribution < -0.4 is 10.2 Å². The van der Waals surface area contributed by atoms with Gasteiger partial charge in [-0.3, -0.25) is 14.4 Å². The average Bonchev–Trinajstić information content (AvgIpc) is 2.72. The molecule has 6 nitrogen and oxygen atoms in total. The number of hydrogen-bond donors (Lipinski definition) is 1. The number of halogens is 1. The van der Waals surface area contributed by atoms with Gasteiger partial charge in [-0.1, -0.05) is 42.5 Å². The van der Waals surface area contributed by atoms with E-state index in [-0.39, 0.29) is 23.8 Å². The van der Waals surface area contributed by atoms with E-state index in [1.165, 1.54) is 6.07 Å². The van der Waals surface area contributed by atoms with Gasteiger partial charge in [-0.25, -0.2) is 4.39 Å². The zero-order valence-electron chi connectivity index (χ0n) is 14.7. The molecular formula is C20H20FN3O3. The van der Waals surface area contributed by atoms with E-state index in [9.17, 15) is 18.8 Å². The van der Waals surface area contributed by atoms with Gasteiger partial charge in [-0.2, -0.15) is 0 Å². The van der Waals surface area contributed by atoms with Crippen LogP contribution in [0, 0.1) is 5.82 Å². The highest BCUT2D eigenvalue weighted by Crippen LogP contribution is 2.20. The lowest BCUT2D eigenvalue weighted by molar-refractivity contribution is -0.132. The Balaban J connectivity index is 1.48. The molecule has 0 aromatic heterocycles. The minimum Gasteiger partial charge on any atom is -0.366 e. The van der Waals surface area contributed by atoms with Crippen LogP contribution in [0.2, 0.25) is 0 Å². The van der Waals surface area contributed by atoms with Crippen molar-refractivity contribution < 1.29 is 18.8 Å². The van der Waals surface area contributed by atoms with Gasteiger partial charge in [0.05, 0.1) is 12.2 Å². The molecular weight excluding hydrogens is 349 g/mol. The van der Waals surface area contributed by atoms with Crippen LogP contribution in [-0.4, -0.2) is 55.2 Å². The van der Waals surface area contributed by atoms with Crippen LogP contribution in [0.4, 0.5) is 10.1 Å². The number of benzene rings is 2. The van der Waals surface area contributed by atoms with Gasteiger partial charge in [-0.05, 0) is 12.1 Å². The first kappa shape index (κ1) is 18.6. The molecule has 1 fully saturated rings. The molecule has 0 unspecified atom stereocenters. The van der Waals surface area contributed by atoms with Gasteiger partial charge in [0.1, 0.15) is 5.82 Å². The number of piperazine rings is 1. The first-order valence-electron chi connectivity index (χ1n) is 8.71. The molecule has 27 heavy (non-hydrogen) atoms. The first-order valence-corrected chi connectivity index (χ1v) is 8.71. The third-order valence-electron chi connectivity index (χ3n) is 4.47. The predicted molar refractivity (Wildman–Crippen MR) is 99.0 cm³/mol. The minimum absolute atomic E-state index is 0.239. The highest BCUT2D eigenvalue weighted by atomic mass is 19.1. The van der Waals surface area contributed by atoms with E-state index < -0.39 is 11.7 Å². The average molecular weight is 369 g/mol. The zero-order valence-corrected chi connectivity index (χ0v) is 14.7. The summed E-state index contributed by atoms with van der Waals surface area (Å²) in [5.41, 5.74) is 0.798. The van der Waals surface area contributed by atoms with E-state index in [0.717, 1.165) is 0 Å². The fraction of sp³-hybridized carbons (Fsp3) is 0.250. The second-order valence-electron chi connectivity index (χ2n) is 6.20. The van der Waals surface area contributed by atoms with Gasteiger partial charge < -0.3 is 15.1 Å². The highest BCUT2D eigenvalue weighted by Gasteiger charge is 2.24. The lowest BCUT2D eigenvalue weighted by Gasteiger charge is -2.36. The van der Waals surface area contributed by atoms with Crippen molar-refractivity contribution in [1.29, 1.82) is 0 Å². The number of amides is 2. The maximum atomic E-state index is 13.9. The van der Waals surface area contributed by atoms with E-state index >= 15 is 0 Å². The maximum Gasteiger partial charge on any atom is 0.292 e. The van der Waals surface area contributed by atoms with Crippen molar-refractivity contribution in [3.8, 4) is 0 Å². The van der Waals surface area contributed by atoms with E-state index in [4.69, 9.17) is 0 Å². The smallest absolute Gasteiger partial charge is 0.292 e. The zero-order chi connectivity index (χ0) is 19.2. The normalized spacial score (nSPS) is 14.0. The molecule has 0 saturated carbocycles. The lowest BCUT2D eigenvalue weighted by atomic mass is 10.1. The van der Waals surface area contributed by atoms with Gasteiger partial charge in [0.25, 0.3) is 5.91 Å². The van der Waals surface area contributed by atoms with Crippen molar-refractivity contribution in [3.63, 3.8) is 0 Å². The number of hydrogen-bond acceptors (Lipinski definition) is 4. The summed E-state index contributed by atoms with van der Waals surface area (Å²) >= 11 is 0. The molecule has 1 aliphatic rings. The van der Waals surface area contributed by atoms with Crippen LogP contribution in [0.25, 0.3) is 0 Å². The quantitative estimate of drug-likeness (QED) is 0.640. The molecule has 0 radical (unpaired) electrons. The monoisotopic (exact) mass is 369 g/mol. The van der Waals surface area contributed by atoms with Crippen LogP contribution in [0.5, 0.6) is 0 Å². The molecule has 0 aliphatic carbocycles. The highest BCUT2D eigenvalue weighted by molar-refractivity contribution is 6.43. The van der Waals surface area contributed by atoms with E-state index in [1.807, 2.05) is 4.90 Å². The van der Waals surface area contributed by atoms with E-state index in [0.29, 0.717) is 31.9 Å². The summed E-state index contributed by atoms with van der Waals surface area (Å²) in [5.74, 6) is -2.03. The van der Waals surface area contributed by atoms with Crippen molar-refractivity contribution in [2.75, 3.05) is 37.6 Å². The molecule has 2 amide bonds. The SMILES string of the molecule is O=C(NCC(=O)N1CCN(c2ccccc2F)CC1)C(=O)c1ccccc1. The molecule has 0 bridgehead atoms. The van der Waals surface area contributed by atoms with Crippen LogP contribution in [0.15, 0.2) is 54.6 Å². The molecule has 2 aromatic rings. The second-order valence-corrected chi connectivity index (χ2v) is 6.20. The van der Waals surface area contributed by atoms with Crippen molar-refractivity contribution in [1.82, 2.24) is 10.2 Å². The molecule has 7 heteroatoms. The summed E-state index contributed by atoms with van der Waals surface area (Å²) in [4.78, 5) is 39.7. The molecule has 1 saturated heterocycles. The van der Waals surface area contributed by atoms with E-state index in [1.54, 1.807) is 53.4 Å². The van der Waals surface area contributed by atoms with Crippen LogP contribution in [0.1, 0.15) is 10.4 Å². The van der Waals surface area contributed by atoms with Crippen LogP contribution >= 0.6 is 0 Å². The number of anilines is 1. The minimum atomic E-state index is -0.806. The van der Waals surface area contributed by atoms with Gasteiger partial charge in [-0.15, -0.1) is 0 Å². The summed E-state index contributed by atoms with van der Waals surface area (Å²) in [7, 11) is 0. The number of para-hydroxylation sites is 1. The van der Waals surface area contributed by atoms with E-state index in [2.05, 4.69) is 5.32 Å². The standard InChI is InChI=1S/C20H20FN3O3/c21-16-8-4-5-9-17(16)23-10-12-24(13-11-23)18(25)14-22-20(27)19(26)15-6-2-1-3-7-15/h1-9H,10-14H2,(H,22,27). The fourth-order valence-electron chi connectivity index (χ4n) is 2.97. The fourth-order valence-corrected chi connectivity index (χ4v) is 2.97. The second kappa shape index (κ2) is 8.44. The van der Waals surface area contributed by atoms with Gasteiger partial charge in [0.15, 0.2) is 0 Å². The lowest BCUT2D eigenvalue weighted by Crippen LogP contribution is -2.51. The van der Waals surface area contributed by atoms with Crippen molar-refractivity contribution in [3.05, 3.63) is 66.0 Å². The molecule has 0 atom stereocenters. The number of nitrogens with zero attached hydrogens (tertiary/aromatic N) is 2. The molecule has 140 valence electrons. The number of carbonyl (C=O) groups is 3. The Labute approximate surface area is 156 Å². The molecule has 1 N–H and O–H groups in total. The molecule has 3 rings (SSSR count). The number of ketones is 1. The Kier molecular flexibility index (Phi) is 5.80. The Morgan fingerprint density at radius 2 is 1.52 bits per heavy atom. The Morgan fingerprint density at radius 1 is 0.889 bits per heavy atom. The summed E-state index contributed by atoms with van der Waals surface area (Å²) in [5, 5.41) is 2.38. The van der Waals surface area contributed by atoms with Crippen LogP contribution in [0.3, 0.4) is 0 Å². The molecule has 0 spiro atoms. The predicted octanol–water partition coefficient (Wildman–Crippen LogP) is 1.47. The number of nitrogens with one attached hydrogen (secondary N) is 1. The molecule has 2 aromatic carbocycles. The first-order chi connectivity index (χ1) is 13.1. The Hall–Kier alpha value is -3.22. The maximum absolute atomic E-state index is 13.9. The van der Waals surface area contributed by atoms with Crippen LogP contribution in [-0.2, 0) is 9.59 Å². The van der Waals surface area contributed by atoms with Gasteiger partial charge >= 0.3 is 0 Å².